The van der Waals surface area contributed by atoms with Crippen LogP contribution in [0.25, 0.3) is 0 Å². The number of benzene rings is 1. The van der Waals surface area contributed by atoms with Gasteiger partial charge in [-0.25, -0.2) is 4.39 Å². The van der Waals surface area contributed by atoms with Crippen molar-refractivity contribution in [1.82, 2.24) is 5.32 Å². The maximum Gasteiger partial charge on any atom is 0.124 e. The van der Waals surface area contributed by atoms with Crippen LogP contribution in [0.3, 0.4) is 0 Å². The summed E-state index contributed by atoms with van der Waals surface area (Å²) >= 11 is 9.65. The molecule has 2 unspecified atom stereocenters. The van der Waals surface area contributed by atoms with Crippen LogP contribution >= 0.6 is 27.5 Å². The monoisotopic (exact) mass is 319 g/mol. The summed E-state index contributed by atoms with van der Waals surface area (Å²) < 4.78 is 13.7. The molecule has 0 saturated heterocycles. The Morgan fingerprint density at radius 1 is 1.35 bits per heavy atom. The highest BCUT2D eigenvalue weighted by Crippen LogP contribution is 2.24. The van der Waals surface area contributed by atoms with Gasteiger partial charge in [0.05, 0.1) is 0 Å². The first kappa shape index (κ1) is 13.3. The molecule has 1 aliphatic carbocycles. The Hall–Kier alpha value is -0.120. The van der Waals surface area contributed by atoms with Crippen molar-refractivity contribution in [1.29, 1.82) is 0 Å². The second kappa shape index (κ2) is 6.17. The van der Waals surface area contributed by atoms with E-state index in [0.717, 1.165) is 29.4 Å². The number of alkyl halides is 1. The third kappa shape index (κ3) is 3.67. The molecular weight excluding hydrogens is 305 g/mol. The zero-order chi connectivity index (χ0) is 12.3. The lowest BCUT2D eigenvalue weighted by molar-refractivity contribution is 0.378. The lowest BCUT2D eigenvalue weighted by Gasteiger charge is -2.28. The minimum Gasteiger partial charge on any atom is -0.308 e. The van der Waals surface area contributed by atoms with E-state index in [4.69, 9.17) is 11.6 Å². The molecule has 0 aromatic heterocycles. The second-order valence-electron chi connectivity index (χ2n) is 4.52. The van der Waals surface area contributed by atoms with Gasteiger partial charge in [-0.2, -0.15) is 0 Å². The largest absolute Gasteiger partial charge is 0.308 e. The molecule has 2 atom stereocenters. The summed E-state index contributed by atoms with van der Waals surface area (Å²) in [5, 5.41) is 3.69. The van der Waals surface area contributed by atoms with E-state index in [1.807, 2.05) is 0 Å². The van der Waals surface area contributed by atoms with Gasteiger partial charge in [-0.05, 0) is 30.5 Å². The third-order valence-electron chi connectivity index (χ3n) is 3.25. The van der Waals surface area contributed by atoms with E-state index < -0.39 is 0 Å². The number of rotatable bonds is 3. The SMILES string of the molecule is Fc1ccc(CNC2CCCCC2Cl)c(Br)c1. The summed E-state index contributed by atoms with van der Waals surface area (Å²) in [6.07, 6.45) is 4.69. The van der Waals surface area contributed by atoms with Crippen LogP contribution in [0.2, 0.25) is 0 Å². The molecule has 1 saturated carbocycles. The minimum atomic E-state index is -0.214. The van der Waals surface area contributed by atoms with Crippen LogP contribution in [-0.4, -0.2) is 11.4 Å². The fourth-order valence-corrected chi connectivity index (χ4v) is 3.08. The molecule has 2 rings (SSSR count). The van der Waals surface area contributed by atoms with Crippen molar-refractivity contribution in [2.24, 2.45) is 0 Å². The Balaban J connectivity index is 1.92. The van der Waals surface area contributed by atoms with E-state index in [2.05, 4.69) is 21.2 Å². The van der Waals surface area contributed by atoms with Gasteiger partial charge in [0, 0.05) is 22.4 Å². The zero-order valence-electron chi connectivity index (χ0n) is 9.56. The highest BCUT2D eigenvalue weighted by molar-refractivity contribution is 9.10. The quantitative estimate of drug-likeness (QED) is 0.822. The molecule has 1 nitrogen and oxygen atoms in total. The highest BCUT2D eigenvalue weighted by atomic mass is 79.9. The molecule has 4 heteroatoms. The summed E-state index contributed by atoms with van der Waals surface area (Å²) in [6.45, 7) is 0.731. The number of nitrogens with one attached hydrogen (secondary N) is 1. The van der Waals surface area contributed by atoms with Crippen molar-refractivity contribution in [3.05, 3.63) is 34.1 Å². The third-order valence-corrected chi connectivity index (χ3v) is 4.51. The van der Waals surface area contributed by atoms with E-state index in [-0.39, 0.29) is 11.2 Å². The average molecular weight is 321 g/mol. The summed E-state index contributed by atoms with van der Waals surface area (Å²) in [4.78, 5) is 0. The Morgan fingerprint density at radius 3 is 2.82 bits per heavy atom. The van der Waals surface area contributed by atoms with Gasteiger partial charge in [-0.15, -0.1) is 11.6 Å². The molecule has 1 aromatic rings. The predicted molar refractivity (Wildman–Crippen MR) is 72.8 cm³/mol. The lowest BCUT2D eigenvalue weighted by Crippen LogP contribution is -2.38. The summed E-state index contributed by atoms with van der Waals surface area (Å²) in [6, 6.07) is 5.16. The Morgan fingerprint density at radius 2 is 2.12 bits per heavy atom. The van der Waals surface area contributed by atoms with E-state index in [0.29, 0.717) is 6.04 Å². The predicted octanol–water partition coefficient (Wildman–Crippen LogP) is 4.23. The molecular formula is C13H16BrClFN. The van der Waals surface area contributed by atoms with E-state index in [9.17, 15) is 4.39 Å². The summed E-state index contributed by atoms with van der Waals surface area (Å²) in [5.41, 5.74) is 1.07. The molecule has 0 radical (unpaired) electrons. The van der Waals surface area contributed by atoms with Crippen LogP contribution < -0.4 is 5.32 Å². The van der Waals surface area contributed by atoms with Gasteiger partial charge in [-0.3, -0.25) is 0 Å². The fourth-order valence-electron chi connectivity index (χ4n) is 2.22. The van der Waals surface area contributed by atoms with Crippen molar-refractivity contribution >= 4 is 27.5 Å². The molecule has 0 amide bonds. The number of hydrogen-bond acceptors (Lipinski definition) is 1. The first-order chi connectivity index (χ1) is 8.16. The van der Waals surface area contributed by atoms with Crippen molar-refractivity contribution in [2.75, 3.05) is 0 Å². The highest BCUT2D eigenvalue weighted by Gasteiger charge is 2.22. The standard InChI is InChI=1S/C13H16BrClFN/c14-11-7-10(16)6-5-9(11)8-17-13-4-2-1-3-12(13)15/h5-7,12-13,17H,1-4,8H2. The van der Waals surface area contributed by atoms with E-state index >= 15 is 0 Å². The van der Waals surface area contributed by atoms with E-state index in [1.165, 1.54) is 25.0 Å². The first-order valence-electron chi connectivity index (χ1n) is 5.98. The fraction of sp³-hybridized carbons (Fsp3) is 0.538. The van der Waals surface area contributed by atoms with Crippen molar-refractivity contribution in [3.63, 3.8) is 0 Å². The molecule has 0 bridgehead atoms. The molecule has 1 N–H and O–H groups in total. The van der Waals surface area contributed by atoms with Gasteiger partial charge in [-0.1, -0.05) is 34.8 Å². The molecule has 0 spiro atoms. The van der Waals surface area contributed by atoms with Crippen LogP contribution in [0.15, 0.2) is 22.7 Å². The maximum absolute atomic E-state index is 12.9. The van der Waals surface area contributed by atoms with Crippen molar-refractivity contribution in [3.8, 4) is 0 Å². The molecule has 0 heterocycles. The second-order valence-corrected chi connectivity index (χ2v) is 5.94. The van der Waals surface area contributed by atoms with Crippen LogP contribution in [0.4, 0.5) is 4.39 Å². The number of halogens is 3. The number of hydrogen-bond donors (Lipinski definition) is 1. The zero-order valence-corrected chi connectivity index (χ0v) is 11.9. The minimum absolute atomic E-state index is 0.214. The topological polar surface area (TPSA) is 12.0 Å². The van der Waals surface area contributed by atoms with Crippen LogP contribution in [-0.2, 0) is 6.54 Å². The molecule has 0 aliphatic heterocycles. The van der Waals surface area contributed by atoms with E-state index in [1.54, 1.807) is 6.07 Å². The van der Waals surface area contributed by atoms with Crippen LogP contribution in [0.5, 0.6) is 0 Å². The van der Waals surface area contributed by atoms with Crippen LogP contribution in [0.1, 0.15) is 31.2 Å². The normalized spacial score (nSPS) is 24.9. The van der Waals surface area contributed by atoms with Crippen molar-refractivity contribution in [2.45, 2.75) is 43.6 Å². The Kier molecular flexibility index (Phi) is 4.83. The molecule has 17 heavy (non-hydrogen) atoms. The molecule has 1 aliphatic rings. The molecule has 1 fully saturated rings. The van der Waals surface area contributed by atoms with Gasteiger partial charge >= 0.3 is 0 Å². The lowest BCUT2D eigenvalue weighted by atomic mass is 9.95. The summed E-state index contributed by atoms with van der Waals surface area (Å²) in [5.74, 6) is -0.214. The van der Waals surface area contributed by atoms with Gasteiger partial charge in [0.1, 0.15) is 5.82 Å². The van der Waals surface area contributed by atoms with Gasteiger partial charge in [0.25, 0.3) is 0 Å². The van der Waals surface area contributed by atoms with Crippen molar-refractivity contribution < 1.29 is 4.39 Å². The summed E-state index contributed by atoms with van der Waals surface area (Å²) in [7, 11) is 0. The maximum atomic E-state index is 12.9. The van der Waals surface area contributed by atoms with Gasteiger partial charge in [0.15, 0.2) is 0 Å². The Bertz CT molecular complexity index is 386. The van der Waals surface area contributed by atoms with Gasteiger partial charge in [0.2, 0.25) is 0 Å². The Labute approximate surface area is 115 Å². The smallest absolute Gasteiger partial charge is 0.124 e. The molecule has 1 aromatic carbocycles. The average Bonchev–Trinajstić information content (AvgIpc) is 2.30. The molecule has 94 valence electrons. The van der Waals surface area contributed by atoms with Crippen LogP contribution in [0, 0.1) is 5.82 Å². The van der Waals surface area contributed by atoms with Gasteiger partial charge < -0.3 is 5.32 Å². The first-order valence-corrected chi connectivity index (χ1v) is 7.21.